The van der Waals surface area contributed by atoms with Crippen LogP contribution in [0.1, 0.15) is 52.5 Å². The molecular weight excluding hydrogens is 288 g/mol. The molecule has 0 unspecified atom stereocenters. The normalized spacial score (nSPS) is 25.7. The zero-order valence-electron chi connectivity index (χ0n) is 15.0. The van der Waals surface area contributed by atoms with Crippen molar-refractivity contribution < 1.29 is 5.11 Å². The van der Waals surface area contributed by atoms with Crippen LogP contribution >= 0.6 is 0 Å². The molecule has 1 aromatic heterocycles. The highest BCUT2D eigenvalue weighted by atomic mass is 16.3. The molecule has 0 saturated carbocycles. The Morgan fingerprint density at radius 2 is 2.09 bits per heavy atom. The van der Waals surface area contributed by atoms with Crippen LogP contribution in [0.2, 0.25) is 0 Å². The van der Waals surface area contributed by atoms with E-state index in [0.29, 0.717) is 17.8 Å². The molecule has 2 N–H and O–H groups in total. The van der Waals surface area contributed by atoms with E-state index in [1.54, 1.807) is 0 Å². The van der Waals surface area contributed by atoms with Gasteiger partial charge in [0.25, 0.3) is 0 Å². The predicted octanol–water partition coefficient (Wildman–Crippen LogP) is 2.92. The SMILES string of the molecule is CCCNc1ncc(CN2CC[C@](C)(O)[C@H](CC(C)C)C2)cn1. The molecule has 2 atom stereocenters. The molecule has 130 valence electrons. The van der Waals surface area contributed by atoms with Gasteiger partial charge in [-0.1, -0.05) is 20.8 Å². The lowest BCUT2D eigenvalue weighted by Crippen LogP contribution is -2.50. The van der Waals surface area contributed by atoms with E-state index < -0.39 is 5.60 Å². The number of nitrogens with zero attached hydrogens (tertiary/aromatic N) is 3. The van der Waals surface area contributed by atoms with Crippen molar-refractivity contribution in [1.82, 2.24) is 14.9 Å². The fourth-order valence-electron chi connectivity index (χ4n) is 3.25. The predicted molar refractivity (Wildman–Crippen MR) is 94.3 cm³/mol. The molecule has 1 saturated heterocycles. The molecule has 1 aliphatic rings. The Morgan fingerprint density at radius 1 is 1.39 bits per heavy atom. The minimum atomic E-state index is -0.537. The maximum Gasteiger partial charge on any atom is 0.222 e. The minimum absolute atomic E-state index is 0.336. The molecule has 0 spiro atoms. The largest absolute Gasteiger partial charge is 0.390 e. The fourth-order valence-corrected chi connectivity index (χ4v) is 3.25. The van der Waals surface area contributed by atoms with Gasteiger partial charge in [0, 0.05) is 50.1 Å². The first-order valence-electron chi connectivity index (χ1n) is 8.90. The molecule has 1 aliphatic heterocycles. The van der Waals surface area contributed by atoms with Crippen molar-refractivity contribution in [3.8, 4) is 0 Å². The van der Waals surface area contributed by atoms with Gasteiger partial charge in [0.15, 0.2) is 0 Å². The second-order valence-electron chi connectivity index (χ2n) is 7.51. The summed E-state index contributed by atoms with van der Waals surface area (Å²) in [7, 11) is 0. The summed E-state index contributed by atoms with van der Waals surface area (Å²) < 4.78 is 0. The molecule has 0 bridgehead atoms. The molecular formula is C18H32N4O. The fraction of sp³-hybridized carbons (Fsp3) is 0.778. The number of aromatic nitrogens is 2. The zero-order chi connectivity index (χ0) is 16.9. The molecule has 0 amide bonds. The molecule has 0 aliphatic carbocycles. The Morgan fingerprint density at radius 3 is 2.70 bits per heavy atom. The lowest BCUT2D eigenvalue weighted by Gasteiger charge is -2.43. The Kier molecular flexibility index (Phi) is 6.36. The number of anilines is 1. The Bertz CT molecular complexity index is 472. The molecule has 0 aromatic carbocycles. The maximum atomic E-state index is 10.6. The molecule has 2 rings (SSSR count). The van der Waals surface area contributed by atoms with Crippen molar-refractivity contribution in [2.75, 3.05) is 25.0 Å². The van der Waals surface area contributed by atoms with E-state index >= 15 is 0 Å². The van der Waals surface area contributed by atoms with E-state index in [2.05, 4.69) is 41.0 Å². The van der Waals surface area contributed by atoms with Crippen LogP contribution in [-0.4, -0.2) is 45.2 Å². The molecule has 23 heavy (non-hydrogen) atoms. The third kappa shape index (κ3) is 5.43. The minimum Gasteiger partial charge on any atom is -0.390 e. The monoisotopic (exact) mass is 320 g/mol. The zero-order valence-corrected chi connectivity index (χ0v) is 15.0. The van der Waals surface area contributed by atoms with E-state index in [1.165, 1.54) is 0 Å². The van der Waals surface area contributed by atoms with Crippen LogP contribution in [0.4, 0.5) is 5.95 Å². The summed E-state index contributed by atoms with van der Waals surface area (Å²) in [6.45, 7) is 12.2. The summed E-state index contributed by atoms with van der Waals surface area (Å²) in [5.41, 5.74) is 0.599. The summed E-state index contributed by atoms with van der Waals surface area (Å²) in [4.78, 5) is 11.2. The summed E-state index contributed by atoms with van der Waals surface area (Å²) in [6, 6.07) is 0. The Labute approximate surface area is 140 Å². The molecule has 5 heteroatoms. The smallest absolute Gasteiger partial charge is 0.222 e. The van der Waals surface area contributed by atoms with Crippen molar-refractivity contribution >= 4 is 5.95 Å². The van der Waals surface area contributed by atoms with E-state index in [0.717, 1.165) is 51.0 Å². The van der Waals surface area contributed by atoms with E-state index in [4.69, 9.17) is 0 Å². The van der Waals surface area contributed by atoms with Crippen LogP contribution in [0.3, 0.4) is 0 Å². The van der Waals surface area contributed by atoms with Crippen LogP contribution in [0.25, 0.3) is 0 Å². The van der Waals surface area contributed by atoms with Crippen LogP contribution in [0, 0.1) is 11.8 Å². The lowest BCUT2D eigenvalue weighted by atomic mass is 9.78. The first kappa shape index (κ1) is 18.1. The maximum absolute atomic E-state index is 10.6. The highest BCUT2D eigenvalue weighted by Gasteiger charge is 2.37. The van der Waals surface area contributed by atoms with E-state index in [1.807, 2.05) is 19.3 Å². The Balaban J connectivity index is 1.92. The highest BCUT2D eigenvalue weighted by molar-refractivity contribution is 5.24. The van der Waals surface area contributed by atoms with E-state index in [9.17, 15) is 5.11 Å². The van der Waals surface area contributed by atoms with Crippen molar-refractivity contribution in [2.45, 2.75) is 59.1 Å². The number of nitrogens with one attached hydrogen (secondary N) is 1. The first-order chi connectivity index (χ1) is 10.9. The quantitative estimate of drug-likeness (QED) is 0.809. The van der Waals surface area contributed by atoms with Crippen molar-refractivity contribution in [2.24, 2.45) is 11.8 Å². The number of rotatable bonds is 7. The third-order valence-electron chi connectivity index (χ3n) is 4.69. The molecule has 1 aromatic rings. The van der Waals surface area contributed by atoms with E-state index in [-0.39, 0.29) is 0 Å². The number of piperidine rings is 1. The summed E-state index contributed by atoms with van der Waals surface area (Å²) in [5, 5.41) is 13.8. The van der Waals surface area contributed by atoms with Gasteiger partial charge >= 0.3 is 0 Å². The van der Waals surface area contributed by atoms with Gasteiger partial charge < -0.3 is 10.4 Å². The topological polar surface area (TPSA) is 61.3 Å². The Hall–Kier alpha value is -1.20. The summed E-state index contributed by atoms with van der Waals surface area (Å²) in [5.74, 6) is 1.65. The van der Waals surface area contributed by atoms with Gasteiger partial charge in [-0.15, -0.1) is 0 Å². The second kappa shape index (κ2) is 8.06. The number of likely N-dealkylation sites (tertiary alicyclic amines) is 1. The van der Waals surface area contributed by atoms with Gasteiger partial charge in [-0.05, 0) is 32.1 Å². The van der Waals surface area contributed by atoms with Crippen LogP contribution in [0.5, 0.6) is 0 Å². The molecule has 0 radical (unpaired) electrons. The van der Waals surface area contributed by atoms with Gasteiger partial charge in [-0.2, -0.15) is 0 Å². The second-order valence-corrected chi connectivity index (χ2v) is 7.51. The summed E-state index contributed by atoms with van der Waals surface area (Å²) in [6.07, 6.45) is 6.79. The average Bonchev–Trinajstić information content (AvgIpc) is 2.50. The lowest BCUT2D eigenvalue weighted by molar-refractivity contribution is -0.0664. The number of aliphatic hydroxyl groups is 1. The van der Waals surface area contributed by atoms with Gasteiger partial charge in [0.1, 0.15) is 0 Å². The number of hydrogen-bond donors (Lipinski definition) is 2. The standard InChI is InChI=1S/C18H32N4O/c1-5-7-19-17-20-10-15(11-21-17)12-22-8-6-18(4,23)16(13-22)9-14(2)3/h10-11,14,16,23H,5-9,12-13H2,1-4H3,(H,19,20,21)/t16-,18+/m1/s1. The van der Waals surface area contributed by atoms with Crippen LogP contribution in [-0.2, 0) is 6.54 Å². The van der Waals surface area contributed by atoms with Crippen molar-refractivity contribution in [3.05, 3.63) is 18.0 Å². The highest BCUT2D eigenvalue weighted by Crippen LogP contribution is 2.32. The van der Waals surface area contributed by atoms with Gasteiger partial charge in [0.2, 0.25) is 5.95 Å². The number of hydrogen-bond acceptors (Lipinski definition) is 5. The van der Waals surface area contributed by atoms with Crippen molar-refractivity contribution in [1.29, 1.82) is 0 Å². The van der Waals surface area contributed by atoms with Crippen LogP contribution in [0.15, 0.2) is 12.4 Å². The van der Waals surface area contributed by atoms with Gasteiger partial charge in [-0.3, -0.25) is 4.90 Å². The molecule has 1 fully saturated rings. The van der Waals surface area contributed by atoms with Crippen LogP contribution < -0.4 is 5.32 Å². The average molecular weight is 320 g/mol. The van der Waals surface area contributed by atoms with Gasteiger partial charge in [0.05, 0.1) is 5.60 Å². The summed E-state index contributed by atoms with van der Waals surface area (Å²) >= 11 is 0. The molecule has 2 heterocycles. The van der Waals surface area contributed by atoms with Gasteiger partial charge in [-0.25, -0.2) is 9.97 Å². The third-order valence-corrected chi connectivity index (χ3v) is 4.69. The molecule has 5 nitrogen and oxygen atoms in total. The van der Waals surface area contributed by atoms with Crippen molar-refractivity contribution in [3.63, 3.8) is 0 Å². The first-order valence-corrected chi connectivity index (χ1v) is 8.90.